The minimum absolute atomic E-state index is 0.182. The largest absolute Gasteiger partial charge is 0.468 e. The molecule has 1 aromatic rings. The Balaban J connectivity index is 1.75. The summed E-state index contributed by atoms with van der Waals surface area (Å²) in [6, 6.07) is 8.07. The van der Waals surface area contributed by atoms with Gasteiger partial charge in [-0.3, -0.25) is 0 Å². The van der Waals surface area contributed by atoms with Crippen LogP contribution in [-0.4, -0.2) is 46.6 Å². The van der Waals surface area contributed by atoms with Crippen LogP contribution in [0.4, 0.5) is 0 Å². The summed E-state index contributed by atoms with van der Waals surface area (Å²) in [4.78, 5) is 0. The second kappa shape index (κ2) is 9.00. The number of epoxide rings is 1. The molecule has 1 fully saturated rings. The molecule has 5 heteroatoms. The van der Waals surface area contributed by atoms with Gasteiger partial charge in [-0.1, -0.05) is 12.1 Å². The van der Waals surface area contributed by atoms with E-state index in [1.54, 1.807) is 14.2 Å². The molecule has 2 rings (SSSR count). The summed E-state index contributed by atoms with van der Waals surface area (Å²) in [5.41, 5.74) is 1.27. The van der Waals surface area contributed by atoms with Gasteiger partial charge in [0, 0.05) is 20.6 Å². The van der Waals surface area contributed by atoms with E-state index < -0.39 is 0 Å². The van der Waals surface area contributed by atoms with Crippen molar-refractivity contribution in [2.24, 2.45) is 0 Å². The lowest BCUT2D eigenvalue weighted by atomic mass is 10.0. The zero-order chi connectivity index (χ0) is 14.9. The van der Waals surface area contributed by atoms with Crippen molar-refractivity contribution >= 4 is 0 Å². The molecule has 0 aliphatic carbocycles. The third-order valence-electron chi connectivity index (χ3n) is 3.37. The predicted molar refractivity (Wildman–Crippen MR) is 78.4 cm³/mol. The Hall–Kier alpha value is -1.14. The molecule has 0 saturated carbocycles. The van der Waals surface area contributed by atoms with Gasteiger partial charge in [-0.2, -0.15) is 0 Å². The van der Waals surface area contributed by atoms with Gasteiger partial charge in [-0.15, -0.1) is 0 Å². The van der Waals surface area contributed by atoms with Crippen LogP contribution in [0.1, 0.15) is 18.4 Å². The van der Waals surface area contributed by atoms with Crippen molar-refractivity contribution in [1.82, 2.24) is 0 Å². The maximum absolute atomic E-state index is 5.70. The van der Waals surface area contributed by atoms with E-state index in [0.717, 1.165) is 31.6 Å². The van der Waals surface area contributed by atoms with Gasteiger partial charge in [0.25, 0.3) is 0 Å². The summed E-state index contributed by atoms with van der Waals surface area (Å²) in [5.74, 6) is 0.819. The first-order chi connectivity index (χ1) is 10.3. The van der Waals surface area contributed by atoms with Crippen LogP contribution in [0, 0.1) is 0 Å². The summed E-state index contributed by atoms with van der Waals surface area (Å²) < 4.78 is 26.2. The first-order valence-electron chi connectivity index (χ1n) is 7.24. The van der Waals surface area contributed by atoms with Gasteiger partial charge in [0.05, 0.1) is 18.8 Å². The van der Waals surface area contributed by atoms with Crippen LogP contribution in [-0.2, 0) is 25.4 Å². The summed E-state index contributed by atoms with van der Waals surface area (Å²) in [6.07, 6.45) is 3.42. The lowest BCUT2D eigenvalue weighted by Gasteiger charge is -2.16. The molecule has 0 N–H and O–H groups in total. The van der Waals surface area contributed by atoms with Crippen LogP contribution in [0.2, 0.25) is 0 Å². The Bertz CT molecular complexity index is 388. The molecule has 5 nitrogen and oxygen atoms in total. The molecule has 2 atom stereocenters. The van der Waals surface area contributed by atoms with E-state index >= 15 is 0 Å². The highest BCUT2D eigenvalue weighted by Gasteiger charge is 2.27. The topological polar surface area (TPSA) is 49.5 Å². The maximum atomic E-state index is 5.70. The molecule has 0 aromatic heterocycles. The average Bonchev–Trinajstić information content (AvgIpc) is 3.33. The Labute approximate surface area is 126 Å². The highest BCUT2D eigenvalue weighted by molar-refractivity contribution is 5.27. The van der Waals surface area contributed by atoms with E-state index in [4.69, 9.17) is 23.7 Å². The van der Waals surface area contributed by atoms with Crippen molar-refractivity contribution < 1.29 is 23.7 Å². The lowest BCUT2D eigenvalue weighted by Crippen LogP contribution is -2.18. The molecule has 0 spiro atoms. The standard InChI is InChI=1S/C16H24O5/c1-17-11-20-14-6-3-13(4-7-14)5-8-15(21-12-18-2)9-16-10-19-16/h3-4,6-7,15-16H,5,8-12H2,1-2H3/t15-,16?/m0/s1. The van der Waals surface area contributed by atoms with Crippen molar-refractivity contribution in [3.63, 3.8) is 0 Å². The summed E-state index contributed by atoms with van der Waals surface area (Å²) in [6.45, 7) is 1.47. The van der Waals surface area contributed by atoms with Crippen LogP contribution in [0.15, 0.2) is 24.3 Å². The predicted octanol–water partition coefficient (Wildman–Crippen LogP) is 2.38. The Morgan fingerprint density at radius 3 is 2.48 bits per heavy atom. The SMILES string of the molecule is COCOc1ccc(CC[C@@H](CC2CO2)OCOC)cc1. The van der Waals surface area contributed by atoms with Crippen LogP contribution < -0.4 is 4.74 Å². The summed E-state index contributed by atoms with van der Waals surface area (Å²) in [7, 11) is 3.25. The fourth-order valence-electron chi connectivity index (χ4n) is 2.14. The van der Waals surface area contributed by atoms with Crippen molar-refractivity contribution in [2.45, 2.75) is 31.5 Å². The molecule has 0 amide bonds. The van der Waals surface area contributed by atoms with E-state index in [1.165, 1.54) is 5.56 Å². The number of aryl methyl sites for hydroxylation is 1. The van der Waals surface area contributed by atoms with Crippen molar-refractivity contribution in [3.8, 4) is 5.75 Å². The number of hydrogen-bond donors (Lipinski definition) is 0. The van der Waals surface area contributed by atoms with Gasteiger partial charge in [0.2, 0.25) is 0 Å². The zero-order valence-corrected chi connectivity index (χ0v) is 12.7. The minimum atomic E-state index is 0.182. The van der Waals surface area contributed by atoms with Gasteiger partial charge >= 0.3 is 0 Å². The van der Waals surface area contributed by atoms with Gasteiger partial charge in [-0.25, -0.2) is 0 Å². The minimum Gasteiger partial charge on any atom is -0.468 e. The maximum Gasteiger partial charge on any atom is 0.188 e. The normalized spacial score (nSPS) is 18.5. The summed E-state index contributed by atoms with van der Waals surface area (Å²) in [5, 5.41) is 0. The first kappa shape index (κ1) is 16.2. The number of hydrogen-bond acceptors (Lipinski definition) is 5. The Morgan fingerprint density at radius 2 is 1.86 bits per heavy atom. The van der Waals surface area contributed by atoms with Crippen molar-refractivity contribution in [3.05, 3.63) is 29.8 Å². The Morgan fingerprint density at radius 1 is 1.14 bits per heavy atom. The fraction of sp³-hybridized carbons (Fsp3) is 0.625. The number of ether oxygens (including phenoxy) is 5. The fourth-order valence-corrected chi connectivity index (χ4v) is 2.14. The van der Waals surface area contributed by atoms with E-state index in [1.807, 2.05) is 12.1 Å². The molecule has 1 aromatic carbocycles. The van der Waals surface area contributed by atoms with Gasteiger partial charge in [-0.05, 0) is 30.5 Å². The van der Waals surface area contributed by atoms with Crippen LogP contribution in [0.25, 0.3) is 0 Å². The van der Waals surface area contributed by atoms with Gasteiger partial charge in [0.15, 0.2) is 6.79 Å². The third kappa shape index (κ3) is 6.44. The molecule has 0 radical (unpaired) electrons. The molecule has 1 unspecified atom stereocenters. The average molecular weight is 296 g/mol. The van der Waals surface area contributed by atoms with Crippen LogP contribution in [0.5, 0.6) is 5.75 Å². The molecule has 1 heterocycles. The monoisotopic (exact) mass is 296 g/mol. The lowest BCUT2D eigenvalue weighted by molar-refractivity contribution is -0.0779. The first-order valence-corrected chi connectivity index (χ1v) is 7.24. The van der Waals surface area contributed by atoms with Gasteiger partial charge in [0.1, 0.15) is 12.5 Å². The van der Waals surface area contributed by atoms with Crippen LogP contribution >= 0.6 is 0 Å². The second-order valence-electron chi connectivity index (χ2n) is 5.12. The molecule has 1 aliphatic rings. The van der Waals surface area contributed by atoms with Crippen LogP contribution in [0.3, 0.4) is 0 Å². The zero-order valence-electron chi connectivity index (χ0n) is 12.7. The highest BCUT2D eigenvalue weighted by Crippen LogP contribution is 2.21. The molecule has 1 aliphatic heterocycles. The quantitative estimate of drug-likeness (QED) is 0.463. The molecule has 21 heavy (non-hydrogen) atoms. The molecule has 118 valence electrons. The number of methoxy groups -OCH3 is 2. The summed E-state index contributed by atoms with van der Waals surface area (Å²) >= 11 is 0. The molecule has 0 bridgehead atoms. The smallest absolute Gasteiger partial charge is 0.188 e. The van der Waals surface area contributed by atoms with Crippen molar-refractivity contribution in [2.75, 3.05) is 34.4 Å². The Kier molecular flexibility index (Phi) is 6.95. The third-order valence-corrected chi connectivity index (χ3v) is 3.37. The van der Waals surface area contributed by atoms with E-state index in [-0.39, 0.29) is 12.9 Å². The number of benzene rings is 1. The second-order valence-corrected chi connectivity index (χ2v) is 5.12. The van der Waals surface area contributed by atoms with E-state index in [0.29, 0.717) is 12.9 Å². The number of rotatable bonds is 11. The molecular weight excluding hydrogens is 272 g/mol. The highest BCUT2D eigenvalue weighted by atomic mass is 16.7. The van der Waals surface area contributed by atoms with Crippen molar-refractivity contribution in [1.29, 1.82) is 0 Å². The molecule has 1 saturated heterocycles. The molecular formula is C16H24O5. The van der Waals surface area contributed by atoms with E-state index in [2.05, 4.69) is 12.1 Å². The van der Waals surface area contributed by atoms with Gasteiger partial charge < -0.3 is 23.7 Å². The van der Waals surface area contributed by atoms with E-state index in [9.17, 15) is 0 Å².